The van der Waals surface area contributed by atoms with Gasteiger partial charge in [-0.2, -0.15) is 0 Å². The number of carboxylic acid groups (broad SMARTS) is 1. The van der Waals surface area contributed by atoms with E-state index < -0.39 is 30.0 Å². The number of aliphatic hydroxyl groups excluding tert-OH is 1. The SMILES string of the molecule is COC(=O)[C@H]1CC(O)CN[C@@H]1C(=O)O. The Morgan fingerprint density at radius 1 is 1.50 bits per heavy atom. The summed E-state index contributed by atoms with van der Waals surface area (Å²) in [7, 11) is 1.20. The first-order valence-electron chi connectivity index (χ1n) is 4.28. The maximum Gasteiger partial charge on any atom is 0.321 e. The van der Waals surface area contributed by atoms with Crippen LogP contribution in [0.2, 0.25) is 0 Å². The second-order valence-electron chi connectivity index (χ2n) is 3.24. The van der Waals surface area contributed by atoms with E-state index in [2.05, 4.69) is 10.1 Å². The summed E-state index contributed by atoms with van der Waals surface area (Å²) >= 11 is 0. The highest BCUT2D eigenvalue weighted by molar-refractivity contribution is 5.83. The summed E-state index contributed by atoms with van der Waals surface area (Å²) in [5.41, 5.74) is 0. The minimum absolute atomic E-state index is 0.122. The highest BCUT2D eigenvalue weighted by Gasteiger charge is 2.39. The van der Waals surface area contributed by atoms with Crippen LogP contribution < -0.4 is 5.32 Å². The normalized spacial score (nSPS) is 32.3. The van der Waals surface area contributed by atoms with Crippen molar-refractivity contribution in [2.45, 2.75) is 18.6 Å². The number of piperidine rings is 1. The van der Waals surface area contributed by atoms with Gasteiger partial charge >= 0.3 is 11.9 Å². The largest absolute Gasteiger partial charge is 0.480 e. The lowest BCUT2D eigenvalue weighted by molar-refractivity contribution is -0.156. The van der Waals surface area contributed by atoms with Crippen molar-refractivity contribution in [2.24, 2.45) is 5.92 Å². The molecule has 0 amide bonds. The van der Waals surface area contributed by atoms with E-state index in [1.165, 1.54) is 7.11 Å². The molecule has 0 saturated carbocycles. The van der Waals surface area contributed by atoms with Gasteiger partial charge in [0.05, 0.1) is 19.1 Å². The molecule has 0 radical (unpaired) electrons. The number of carboxylic acids is 1. The molecule has 0 aromatic rings. The topological polar surface area (TPSA) is 95.9 Å². The van der Waals surface area contributed by atoms with E-state index in [1.54, 1.807) is 0 Å². The van der Waals surface area contributed by atoms with Crippen molar-refractivity contribution in [3.8, 4) is 0 Å². The zero-order chi connectivity index (χ0) is 10.7. The van der Waals surface area contributed by atoms with Gasteiger partial charge in [0.2, 0.25) is 0 Å². The number of β-amino-alcohol motifs (C(OH)–C–C–N with tert-alkyl or cyclic N) is 1. The highest BCUT2D eigenvalue weighted by Crippen LogP contribution is 2.18. The monoisotopic (exact) mass is 203 g/mol. The molecule has 0 spiro atoms. The standard InChI is InChI=1S/C8H13NO5/c1-14-8(13)5-2-4(10)3-9-6(5)7(11)12/h4-6,9-10H,2-3H2,1H3,(H,11,12)/t4?,5-,6-/m0/s1. The average Bonchev–Trinajstić information content (AvgIpc) is 2.16. The fourth-order valence-electron chi connectivity index (χ4n) is 1.56. The molecular weight excluding hydrogens is 190 g/mol. The van der Waals surface area contributed by atoms with Crippen LogP contribution in [-0.2, 0) is 14.3 Å². The summed E-state index contributed by atoms with van der Waals surface area (Å²) in [4.78, 5) is 21.9. The molecule has 6 nitrogen and oxygen atoms in total. The van der Waals surface area contributed by atoms with Gasteiger partial charge in [0.25, 0.3) is 0 Å². The number of carbonyl (C=O) groups excluding carboxylic acids is 1. The molecule has 3 N–H and O–H groups in total. The Balaban J connectivity index is 2.73. The molecule has 0 bridgehead atoms. The van der Waals surface area contributed by atoms with Crippen molar-refractivity contribution >= 4 is 11.9 Å². The Labute approximate surface area is 80.9 Å². The molecular formula is C8H13NO5. The second kappa shape index (κ2) is 4.39. The number of carbonyl (C=O) groups is 2. The van der Waals surface area contributed by atoms with Crippen molar-refractivity contribution in [1.82, 2.24) is 5.32 Å². The average molecular weight is 203 g/mol. The summed E-state index contributed by atoms with van der Waals surface area (Å²) in [6.07, 6.45) is -0.578. The van der Waals surface area contributed by atoms with Gasteiger partial charge in [-0.15, -0.1) is 0 Å². The van der Waals surface area contributed by atoms with E-state index in [1.807, 2.05) is 0 Å². The zero-order valence-electron chi connectivity index (χ0n) is 7.77. The van der Waals surface area contributed by atoms with E-state index >= 15 is 0 Å². The summed E-state index contributed by atoms with van der Waals surface area (Å²) in [5.74, 6) is -2.53. The number of hydrogen-bond donors (Lipinski definition) is 3. The molecule has 1 saturated heterocycles. The van der Waals surface area contributed by atoms with Crippen LogP contribution in [-0.4, -0.2) is 48.0 Å². The molecule has 1 aliphatic heterocycles. The summed E-state index contributed by atoms with van der Waals surface area (Å²) < 4.78 is 4.47. The van der Waals surface area contributed by atoms with Crippen LogP contribution in [0, 0.1) is 5.92 Å². The number of ether oxygens (including phenoxy) is 1. The Morgan fingerprint density at radius 3 is 2.64 bits per heavy atom. The molecule has 1 fully saturated rings. The van der Waals surface area contributed by atoms with Crippen LogP contribution in [0.15, 0.2) is 0 Å². The Morgan fingerprint density at radius 2 is 2.14 bits per heavy atom. The Bertz CT molecular complexity index is 242. The first kappa shape index (κ1) is 10.9. The van der Waals surface area contributed by atoms with Gasteiger partial charge in [0.1, 0.15) is 6.04 Å². The third-order valence-electron chi connectivity index (χ3n) is 2.27. The van der Waals surface area contributed by atoms with Crippen LogP contribution in [0.3, 0.4) is 0 Å². The molecule has 1 unspecified atom stereocenters. The smallest absolute Gasteiger partial charge is 0.321 e. The molecule has 0 aromatic heterocycles. The molecule has 1 heterocycles. The van der Waals surface area contributed by atoms with Crippen LogP contribution >= 0.6 is 0 Å². The number of aliphatic hydroxyl groups is 1. The maximum absolute atomic E-state index is 11.2. The summed E-state index contributed by atoms with van der Waals surface area (Å²) in [6, 6.07) is -0.967. The summed E-state index contributed by atoms with van der Waals surface area (Å²) in [5, 5.41) is 20.6. The number of aliphatic carboxylic acids is 1. The van der Waals surface area contributed by atoms with E-state index in [0.29, 0.717) is 0 Å². The number of hydrogen-bond acceptors (Lipinski definition) is 5. The van der Waals surface area contributed by atoms with Crippen LogP contribution in [0.25, 0.3) is 0 Å². The summed E-state index contributed by atoms with van der Waals surface area (Å²) in [6.45, 7) is 0.185. The lowest BCUT2D eigenvalue weighted by Crippen LogP contribution is -2.54. The fourth-order valence-corrected chi connectivity index (χ4v) is 1.56. The third-order valence-corrected chi connectivity index (χ3v) is 2.27. The quantitative estimate of drug-likeness (QED) is 0.477. The van der Waals surface area contributed by atoms with E-state index in [-0.39, 0.29) is 13.0 Å². The van der Waals surface area contributed by atoms with Crippen LogP contribution in [0.1, 0.15) is 6.42 Å². The second-order valence-corrected chi connectivity index (χ2v) is 3.24. The van der Waals surface area contributed by atoms with Gasteiger partial charge in [-0.3, -0.25) is 9.59 Å². The van der Waals surface area contributed by atoms with Gasteiger partial charge in [-0.1, -0.05) is 0 Å². The van der Waals surface area contributed by atoms with Crippen molar-refractivity contribution in [3.05, 3.63) is 0 Å². The van der Waals surface area contributed by atoms with E-state index in [4.69, 9.17) is 5.11 Å². The van der Waals surface area contributed by atoms with Gasteiger partial charge < -0.3 is 20.3 Å². The predicted octanol–water partition coefficient (Wildman–Crippen LogP) is -1.42. The highest BCUT2D eigenvalue weighted by atomic mass is 16.5. The number of rotatable bonds is 2. The van der Waals surface area contributed by atoms with Gasteiger partial charge in [0, 0.05) is 6.54 Å². The number of methoxy groups -OCH3 is 1. The molecule has 6 heteroatoms. The minimum atomic E-state index is -1.10. The number of esters is 1. The lowest BCUT2D eigenvalue weighted by atomic mass is 9.89. The molecule has 80 valence electrons. The van der Waals surface area contributed by atoms with Crippen molar-refractivity contribution < 1.29 is 24.5 Å². The molecule has 3 atom stereocenters. The first-order chi connectivity index (χ1) is 6.56. The van der Waals surface area contributed by atoms with Crippen molar-refractivity contribution in [2.75, 3.05) is 13.7 Å². The molecule has 14 heavy (non-hydrogen) atoms. The molecule has 0 aromatic carbocycles. The predicted molar refractivity (Wildman–Crippen MR) is 45.6 cm³/mol. The lowest BCUT2D eigenvalue weighted by Gasteiger charge is -2.30. The minimum Gasteiger partial charge on any atom is -0.480 e. The molecule has 1 rings (SSSR count). The Kier molecular flexibility index (Phi) is 3.43. The van der Waals surface area contributed by atoms with Crippen LogP contribution in [0.5, 0.6) is 0 Å². The zero-order valence-corrected chi connectivity index (χ0v) is 7.77. The van der Waals surface area contributed by atoms with Gasteiger partial charge in [0.15, 0.2) is 0 Å². The Hall–Kier alpha value is -1.14. The third kappa shape index (κ3) is 2.21. The first-order valence-corrected chi connectivity index (χ1v) is 4.28. The van der Waals surface area contributed by atoms with Crippen LogP contribution in [0.4, 0.5) is 0 Å². The van der Waals surface area contributed by atoms with Crippen molar-refractivity contribution in [1.29, 1.82) is 0 Å². The number of nitrogens with one attached hydrogen (secondary N) is 1. The molecule has 0 aliphatic carbocycles. The van der Waals surface area contributed by atoms with Crippen molar-refractivity contribution in [3.63, 3.8) is 0 Å². The maximum atomic E-state index is 11.2. The molecule has 1 aliphatic rings. The van der Waals surface area contributed by atoms with E-state index in [9.17, 15) is 14.7 Å². The van der Waals surface area contributed by atoms with E-state index in [0.717, 1.165) is 0 Å². The fraction of sp³-hybridized carbons (Fsp3) is 0.750. The van der Waals surface area contributed by atoms with Gasteiger partial charge in [-0.25, -0.2) is 0 Å². The van der Waals surface area contributed by atoms with Gasteiger partial charge in [-0.05, 0) is 6.42 Å².